The Morgan fingerprint density at radius 1 is 1.06 bits per heavy atom. The summed E-state index contributed by atoms with van der Waals surface area (Å²) >= 11 is 6.20. The minimum atomic E-state index is 0.810. The van der Waals surface area contributed by atoms with Crippen molar-refractivity contribution in [2.24, 2.45) is 5.92 Å². The summed E-state index contributed by atoms with van der Waals surface area (Å²) in [5, 5.41) is 0.931. The molecule has 0 amide bonds. The molecule has 1 aromatic carbocycles. The highest BCUT2D eigenvalue weighted by Gasteiger charge is 2.10. The Hall–Kier alpha value is -0.490. The predicted octanol–water partition coefficient (Wildman–Crippen LogP) is 5.49. The molecule has 1 aromatic rings. The molecule has 0 spiro atoms. The molecule has 16 heavy (non-hydrogen) atoms. The zero-order valence-corrected chi connectivity index (χ0v) is 11.3. The predicted molar refractivity (Wildman–Crippen MR) is 73.1 cm³/mol. The molecule has 0 aromatic heterocycles. The molecular weight excluding hydrogens is 216 g/mol. The van der Waals surface area contributed by atoms with E-state index in [0.29, 0.717) is 0 Å². The van der Waals surface area contributed by atoms with Gasteiger partial charge >= 0.3 is 0 Å². The van der Waals surface area contributed by atoms with Crippen molar-refractivity contribution in [1.82, 2.24) is 0 Å². The lowest BCUT2D eigenvalue weighted by Gasteiger charge is -2.16. The van der Waals surface area contributed by atoms with Gasteiger partial charge in [0.05, 0.1) is 0 Å². The van der Waals surface area contributed by atoms with Gasteiger partial charge in [-0.1, -0.05) is 75.8 Å². The zero-order valence-electron chi connectivity index (χ0n) is 10.5. The summed E-state index contributed by atoms with van der Waals surface area (Å²) in [6.45, 7) is 4.53. The largest absolute Gasteiger partial charge is 0.0840 e. The Labute approximate surface area is 105 Å². The highest BCUT2D eigenvalue weighted by atomic mass is 35.5. The lowest BCUT2D eigenvalue weighted by Crippen LogP contribution is -2.05. The standard InChI is InChI=1S/C15H23Cl/c1-3-5-9-13(8-4-2)12-14-10-6-7-11-15(14)16/h6-7,10-11,13H,3-5,8-9,12H2,1-2H3. The number of benzene rings is 1. The van der Waals surface area contributed by atoms with Crippen LogP contribution in [-0.4, -0.2) is 0 Å². The van der Waals surface area contributed by atoms with E-state index in [-0.39, 0.29) is 0 Å². The van der Waals surface area contributed by atoms with Gasteiger partial charge in [-0.05, 0) is 24.0 Å². The van der Waals surface area contributed by atoms with Gasteiger partial charge in [-0.3, -0.25) is 0 Å². The fraction of sp³-hybridized carbons (Fsp3) is 0.600. The summed E-state index contributed by atoms with van der Waals surface area (Å²) in [7, 11) is 0. The molecular formula is C15H23Cl. The first-order valence-electron chi connectivity index (χ1n) is 6.51. The summed E-state index contributed by atoms with van der Waals surface area (Å²) in [5.41, 5.74) is 1.32. The first-order chi connectivity index (χ1) is 7.77. The van der Waals surface area contributed by atoms with Crippen molar-refractivity contribution in [3.8, 4) is 0 Å². The number of unbranched alkanes of at least 4 members (excludes halogenated alkanes) is 1. The third-order valence-corrected chi connectivity index (χ3v) is 3.50. The molecule has 0 bridgehead atoms. The zero-order chi connectivity index (χ0) is 11.8. The van der Waals surface area contributed by atoms with Crippen molar-refractivity contribution in [3.05, 3.63) is 34.9 Å². The molecule has 1 atom stereocenters. The average Bonchev–Trinajstić information content (AvgIpc) is 2.29. The second kappa shape index (κ2) is 7.73. The third-order valence-electron chi connectivity index (χ3n) is 3.13. The molecule has 0 aliphatic rings. The first kappa shape index (κ1) is 13.6. The SMILES string of the molecule is CCCCC(CCC)Cc1ccccc1Cl. The summed E-state index contributed by atoms with van der Waals surface area (Å²) in [6, 6.07) is 8.26. The van der Waals surface area contributed by atoms with Crippen LogP contribution in [0.4, 0.5) is 0 Å². The smallest absolute Gasteiger partial charge is 0.0438 e. The Morgan fingerprint density at radius 3 is 2.44 bits per heavy atom. The third kappa shape index (κ3) is 4.57. The van der Waals surface area contributed by atoms with Crippen LogP contribution in [0.15, 0.2) is 24.3 Å². The molecule has 1 unspecified atom stereocenters. The van der Waals surface area contributed by atoms with Crippen molar-refractivity contribution in [2.75, 3.05) is 0 Å². The van der Waals surface area contributed by atoms with Crippen molar-refractivity contribution < 1.29 is 0 Å². The molecule has 0 nitrogen and oxygen atoms in total. The molecule has 0 radical (unpaired) electrons. The van der Waals surface area contributed by atoms with E-state index in [2.05, 4.69) is 26.0 Å². The molecule has 1 heteroatoms. The van der Waals surface area contributed by atoms with Crippen LogP contribution >= 0.6 is 11.6 Å². The number of hydrogen-bond acceptors (Lipinski definition) is 0. The van der Waals surface area contributed by atoms with Crippen LogP contribution in [0.25, 0.3) is 0 Å². The Kier molecular flexibility index (Phi) is 6.56. The lowest BCUT2D eigenvalue weighted by atomic mass is 9.90. The van der Waals surface area contributed by atoms with Crippen LogP contribution < -0.4 is 0 Å². The Bertz CT molecular complexity index is 293. The van der Waals surface area contributed by atoms with Crippen molar-refractivity contribution in [2.45, 2.75) is 52.4 Å². The summed E-state index contributed by atoms with van der Waals surface area (Å²) < 4.78 is 0. The van der Waals surface area contributed by atoms with Crippen LogP contribution in [0.3, 0.4) is 0 Å². The highest BCUT2D eigenvalue weighted by Crippen LogP contribution is 2.24. The monoisotopic (exact) mass is 238 g/mol. The van der Waals surface area contributed by atoms with Crippen molar-refractivity contribution in [3.63, 3.8) is 0 Å². The van der Waals surface area contributed by atoms with Crippen molar-refractivity contribution >= 4 is 11.6 Å². The number of hydrogen-bond donors (Lipinski definition) is 0. The molecule has 0 heterocycles. The van der Waals surface area contributed by atoms with E-state index < -0.39 is 0 Å². The van der Waals surface area contributed by atoms with Gasteiger partial charge in [0, 0.05) is 5.02 Å². The molecule has 1 rings (SSSR count). The normalized spacial score (nSPS) is 12.7. The maximum absolute atomic E-state index is 6.20. The highest BCUT2D eigenvalue weighted by molar-refractivity contribution is 6.31. The van der Waals surface area contributed by atoms with Gasteiger partial charge in [0.15, 0.2) is 0 Å². The van der Waals surface area contributed by atoms with Crippen LogP contribution in [0.1, 0.15) is 51.5 Å². The molecule has 0 saturated carbocycles. The lowest BCUT2D eigenvalue weighted by molar-refractivity contribution is 0.427. The van der Waals surface area contributed by atoms with Crippen LogP contribution in [0.2, 0.25) is 5.02 Å². The molecule has 0 N–H and O–H groups in total. The topological polar surface area (TPSA) is 0 Å². The quantitative estimate of drug-likeness (QED) is 0.589. The van der Waals surface area contributed by atoms with E-state index in [1.54, 1.807) is 0 Å². The van der Waals surface area contributed by atoms with Crippen molar-refractivity contribution in [1.29, 1.82) is 0 Å². The number of rotatable bonds is 7. The minimum absolute atomic E-state index is 0.810. The molecule has 0 saturated heterocycles. The van der Waals surface area contributed by atoms with E-state index in [4.69, 9.17) is 11.6 Å². The number of halogens is 1. The average molecular weight is 239 g/mol. The first-order valence-corrected chi connectivity index (χ1v) is 6.89. The summed E-state index contributed by atoms with van der Waals surface area (Å²) in [6.07, 6.45) is 7.73. The Morgan fingerprint density at radius 2 is 1.81 bits per heavy atom. The maximum atomic E-state index is 6.20. The van der Waals surface area contributed by atoms with Gasteiger partial charge < -0.3 is 0 Å². The van der Waals surface area contributed by atoms with Gasteiger partial charge in [0.25, 0.3) is 0 Å². The summed E-state index contributed by atoms with van der Waals surface area (Å²) in [5.74, 6) is 0.810. The summed E-state index contributed by atoms with van der Waals surface area (Å²) in [4.78, 5) is 0. The van der Waals surface area contributed by atoms with E-state index in [0.717, 1.165) is 17.4 Å². The molecule has 0 aliphatic carbocycles. The van der Waals surface area contributed by atoms with Gasteiger partial charge in [-0.25, -0.2) is 0 Å². The minimum Gasteiger partial charge on any atom is -0.0840 e. The van der Waals surface area contributed by atoms with Gasteiger partial charge in [-0.15, -0.1) is 0 Å². The molecule has 90 valence electrons. The van der Waals surface area contributed by atoms with E-state index in [1.807, 2.05) is 12.1 Å². The van der Waals surface area contributed by atoms with Crippen LogP contribution in [0.5, 0.6) is 0 Å². The van der Waals surface area contributed by atoms with E-state index in [1.165, 1.54) is 37.7 Å². The fourth-order valence-corrected chi connectivity index (χ4v) is 2.44. The Balaban J connectivity index is 2.56. The van der Waals surface area contributed by atoms with E-state index in [9.17, 15) is 0 Å². The van der Waals surface area contributed by atoms with Gasteiger partial charge in [0.1, 0.15) is 0 Å². The van der Waals surface area contributed by atoms with Gasteiger partial charge in [0.2, 0.25) is 0 Å². The second-order valence-electron chi connectivity index (χ2n) is 4.59. The van der Waals surface area contributed by atoms with Crippen LogP contribution in [0, 0.1) is 5.92 Å². The van der Waals surface area contributed by atoms with Gasteiger partial charge in [-0.2, -0.15) is 0 Å². The van der Waals surface area contributed by atoms with Crippen LogP contribution in [-0.2, 0) is 6.42 Å². The maximum Gasteiger partial charge on any atom is 0.0438 e. The second-order valence-corrected chi connectivity index (χ2v) is 5.00. The molecule has 0 fully saturated rings. The fourth-order valence-electron chi connectivity index (χ4n) is 2.22. The molecule has 0 aliphatic heterocycles. The van der Waals surface area contributed by atoms with E-state index >= 15 is 0 Å².